The van der Waals surface area contributed by atoms with E-state index in [-0.39, 0.29) is 5.91 Å². The third-order valence-electron chi connectivity index (χ3n) is 5.41. The van der Waals surface area contributed by atoms with E-state index >= 15 is 0 Å². The largest absolute Gasteiger partial charge is 0.383 e. The summed E-state index contributed by atoms with van der Waals surface area (Å²) in [6.07, 6.45) is 1.10. The van der Waals surface area contributed by atoms with Crippen LogP contribution in [0.15, 0.2) is 30.3 Å². The van der Waals surface area contributed by atoms with Crippen molar-refractivity contribution < 1.29 is 9.53 Å². The van der Waals surface area contributed by atoms with Crippen molar-refractivity contribution in [3.05, 3.63) is 52.7 Å². The number of pyridine rings is 1. The van der Waals surface area contributed by atoms with E-state index in [0.717, 1.165) is 49.5 Å². The Morgan fingerprint density at radius 1 is 1.34 bits per heavy atom. The normalized spacial score (nSPS) is 16.6. The molecule has 1 fully saturated rings. The Hall–Kier alpha value is -2.75. The SMILES string of the molecule is COCCN1CC[C@H](CNC(=O)c2ccc(-c3nc(C)cc(C)c3C#N)cc2)C1. The minimum atomic E-state index is -0.0687. The molecule has 1 aliphatic heterocycles. The number of nitrogens with one attached hydrogen (secondary N) is 1. The first-order valence-electron chi connectivity index (χ1n) is 10.00. The fourth-order valence-electron chi connectivity index (χ4n) is 3.81. The lowest BCUT2D eigenvalue weighted by atomic mass is 10.0. The summed E-state index contributed by atoms with van der Waals surface area (Å²) in [7, 11) is 1.72. The highest BCUT2D eigenvalue weighted by molar-refractivity contribution is 5.94. The van der Waals surface area contributed by atoms with E-state index in [2.05, 4.69) is 21.3 Å². The Bertz CT molecular complexity index is 902. The molecule has 1 aromatic carbocycles. The van der Waals surface area contributed by atoms with E-state index in [4.69, 9.17) is 4.74 Å². The molecule has 29 heavy (non-hydrogen) atoms. The third-order valence-corrected chi connectivity index (χ3v) is 5.41. The van der Waals surface area contributed by atoms with Crippen molar-refractivity contribution in [2.75, 3.05) is 39.9 Å². The molecule has 1 atom stereocenters. The predicted octanol–water partition coefficient (Wildman–Crippen LogP) is 2.94. The molecule has 0 bridgehead atoms. The number of hydrogen-bond acceptors (Lipinski definition) is 5. The van der Waals surface area contributed by atoms with Gasteiger partial charge in [-0.2, -0.15) is 5.26 Å². The van der Waals surface area contributed by atoms with Gasteiger partial charge in [-0.25, -0.2) is 0 Å². The van der Waals surface area contributed by atoms with Crippen LogP contribution >= 0.6 is 0 Å². The minimum Gasteiger partial charge on any atom is -0.383 e. The van der Waals surface area contributed by atoms with Crippen molar-refractivity contribution in [1.29, 1.82) is 5.26 Å². The average Bonchev–Trinajstić information content (AvgIpc) is 3.18. The summed E-state index contributed by atoms with van der Waals surface area (Å²) in [6, 6.07) is 11.5. The van der Waals surface area contributed by atoms with Gasteiger partial charge in [0.25, 0.3) is 5.91 Å². The molecule has 3 rings (SSSR count). The highest BCUT2D eigenvalue weighted by atomic mass is 16.5. The monoisotopic (exact) mass is 392 g/mol. The summed E-state index contributed by atoms with van der Waals surface area (Å²) in [6.45, 7) is 8.26. The van der Waals surface area contributed by atoms with Gasteiger partial charge in [-0.15, -0.1) is 0 Å². The van der Waals surface area contributed by atoms with Crippen LogP contribution in [0.25, 0.3) is 11.3 Å². The van der Waals surface area contributed by atoms with Crippen LogP contribution in [0.1, 0.15) is 33.6 Å². The summed E-state index contributed by atoms with van der Waals surface area (Å²) >= 11 is 0. The van der Waals surface area contributed by atoms with Crippen molar-refractivity contribution in [2.45, 2.75) is 20.3 Å². The molecule has 6 heteroatoms. The van der Waals surface area contributed by atoms with Crippen LogP contribution in [0.4, 0.5) is 0 Å². The van der Waals surface area contributed by atoms with Crippen molar-refractivity contribution in [3.63, 3.8) is 0 Å². The topological polar surface area (TPSA) is 78.2 Å². The van der Waals surface area contributed by atoms with Gasteiger partial charge in [0.15, 0.2) is 0 Å². The molecule has 1 aliphatic rings. The molecule has 1 saturated heterocycles. The van der Waals surface area contributed by atoms with Crippen LogP contribution in [0.3, 0.4) is 0 Å². The number of likely N-dealkylation sites (tertiary alicyclic amines) is 1. The van der Waals surface area contributed by atoms with Crippen molar-refractivity contribution >= 4 is 5.91 Å². The van der Waals surface area contributed by atoms with Crippen LogP contribution in [-0.2, 0) is 4.74 Å². The average molecular weight is 393 g/mol. The summed E-state index contributed by atoms with van der Waals surface area (Å²) in [5.74, 6) is 0.411. The molecule has 0 saturated carbocycles. The van der Waals surface area contributed by atoms with Crippen LogP contribution in [0, 0.1) is 31.1 Å². The fourth-order valence-corrected chi connectivity index (χ4v) is 3.81. The number of hydrogen-bond donors (Lipinski definition) is 1. The first-order valence-corrected chi connectivity index (χ1v) is 10.00. The molecule has 1 N–H and O–H groups in total. The van der Waals surface area contributed by atoms with Crippen molar-refractivity contribution in [2.24, 2.45) is 5.92 Å². The van der Waals surface area contributed by atoms with Crippen molar-refractivity contribution in [3.8, 4) is 17.3 Å². The van der Waals surface area contributed by atoms with E-state index in [1.807, 2.05) is 32.0 Å². The second-order valence-electron chi connectivity index (χ2n) is 7.65. The molecule has 0 unspecified atom stereocenters. The Balaban J connectivity index is 1.61. The number of aryl methyl sites for hydroxylation is 2. The summed E-state index contributed by atoms with van der Waals surface area (Å²) in [4.78, 5) is 19.4. The summed E-state index contributed by atoms with van der Waals surface area (Å²) in [5, 5.41) is 12.5. The number of benzene rings is 1. The third kappa shape index (κ3) is 5.20. The zero-order chi connectivity index (χ0) is 20.8. The molecule has 6 nitrogen and oxygen atoms in total. The molecule has 1 amide bonds. The van der Waals surface area contributed by atoms with E-state index in [1.54, 1.807) is 19.2 Å². The zero-order valence-electron chi connectivity index (χ0n) is 17.4. The first-order chi connectivity index (χ1) is 14.0. The second-order valence-corrected chi connectivity index (χ2v) is 7.65. The van der Waals surface area contributed by atoms with Crippen LogP contribution < -0.4 is 5.32 Å². The van der Waals surface area contributed by atoms with Gasteiger partial charge in [0.1, 0.15) is 6.07 Å². The molecule has 0 radical (unpaired) electrons. The smallest absolute Gasteiger partial charge is 0.251 e. The van der Waals surface area contributed by atoms with Gasteiger partial charge in [0, 0.05) is 43.6 Å². The number of nitriles is 1. The highest BCUT2D eigenvalue weighted by Crippen LogP contribution is 2.25. The number of aromatic nitrogens is 1. The van der Waals surface area contributed by atoms with Crippen molar-refractivity contribution in [1.82, 2.24) is 15.2 Å². The lowest BCUT2D eigenvalue weighted by Crippen LogP contribution is -2.31. The van der Waals surface area contributed by atoms with E-state index in [0.29, 0.717) is 29.3 Å². The van der Waals surface area contributed by atoms with Gasteiger partial charge in [-0.05, 0) is 56.5 Å². The van der Waals surface area contributed by atoms with Crippen LogP contribution in [0.2, 0.25) is 0 Å². The van der Waals surface area contributed by atoms with E-state index < -0.39 is 0 Å². The fraction of sp³-hybridized carbons (Fsp3) is 0.435. The molecule has 2 heterocycles. The predicted molar refractivity (Wildman–Crippen MR) is 113 cm³/mol. The summed E-state index contributed by atoms with van der Waals surface area (Å²) in [5.41, 5.74) is 4.48. The number of ether oxygens (including phenoxy) is 1. The molecule has 0 aliphatic carbocycles. The molecule has 0 spiro atoms. The maximum absolute atomic E-state index is 12.5. The molecular formula is C23H28N4O2. The number of amides is 1. The van der Waals surface area contributed by atoms with Crippen LogP contribution in [0.5, 0.6) is 0 Å². The van der Waals surface area contributed by atoms with Gasteiger partial charge < -0.3 is 15.0 Å². The van der Waals surface area contributed by atoms with Gasteiger partial charge in [0.05, 0.1) is 17.9 Å². The molecule has 2 aromatic rings. The highest BCUT2D eigenvalue weighted by Gasteiger charge is 2.22. The Morgan fingerprint density at radius 3 is 2.79 bits per heavy atom. The zero-order valence-corrected chi connectivity index (χ0v) is 17.4. The van der Waals surface area contributed by atoms with E-state index in [1.165, 1.54) is 0 Å². The first kappa shape index (κ1) is 21.0. The number of rotatable bonds is 7. The maximum Gasteiger partial charge on any atom is 0.251 e. The van der Waals surface area contributed by atoms with E-state index in [9.17, 15) is 10.1 Å². The number of carbonyl (C=O) groups excluding carboxylic acids is 1. The van der Waals surface area contributed by atoms with Gasteiger partial charge in [-0.1, -0.05) is 12.1 Å². The Morgan fingerprint density at radius 2 is 2.10 bits per heavy atom. The van der Waals surface area contributed by atoms with Gasteiger partial charge in [-0.3, -0.25) is 9.78 Å². The Labute approximate surface area is 172 Å². The van der Waals surface area contributed by atoms with Gasteiger partial charge in [0.2, 0.25) is 0 Å². The lowest BCUT2D eigenvalue weighted by molar-refractivity contribution is 0.0946. The standard InChI is InChI=1S/C23H28N4O2/c1-16-12-17(2)26-22(21(16)13-24)19-4-6-20(7-5-19)23(28)25-14-18-8-9-27(15-18)10-11-29-3/h4-7,12,18H,8-11,14-15H2,1-3H3,(H,25,28)/t18-/m1/s1. The number of carbonyl (C=O) groups is 1. The number of nitrogens with zero attached hydrogens (tertiary/aromatic N) is 3. The lowest BCUT2D eigenvalue weighted by Gasteiger charge is -2.15. The molecular weight excluding hydrogens is 364 g/mol. The van der Waals surface area contributed by atoms with Gasteiger partial charge >= 0.3 is 0 Å². The molecule has 1 aromatic heterocycles. The second kappa shape index (κ2) is 9.64. The van der Waals surface area contributed by atoms with Crippen LogP contribution in [-0.4, -0.2) is 55.7 Å². The summed E-state index contributed by atoms with van der Waals surface area (Å²) < 4.78 is 5.13. The number of methoxy groups -OCH3 is 1. The maximum atomic E-state index is 12.5. The quantitative estimate of drug-likeness (QED) is 0.784. The Kier molecular flexibility index (Phi) is 6.97. The minimum absolute atomic E-state index is 0.0687. The molecule has 152 valence electrons.